The van der Waals surface area contributed by atoms with Crippen LogP contribution in [0, 0.1) is 24.7 Å². The molecule has 3 aliphatic carbocycles. The molecule has 0 radical (unpaired) electrons. The summed E-state index contributed by atoms with van der Waals surface area (Å²) in [5, 5.41) is 19.9. The van der Waals surface area contributed by atoms with Gasteiger partial charge in [0.2, 0.25) is 0 Å². The minimum absolute atomic E-state index is 0.206. The third-order valence-electron chi connectivity index (χ3n) is 12.9. The predicted molar refractivity (Wildman–Crippen MR) is 239 cm³/mol. The molecule has 5 aliphatic rings. The molecule has 1 aromatic carbocycles. The Morgan fingerprint density at radius 1 is 0.929 bits per heavy atom. The van der Waals surface area contributed by atoms with Crippen molar-refractivity contribution in [2.45, 2.75) is 77.8 Å². The lowest BCUT2D eigenvalue weighted by Gasteiger charge is -2.39. The Kier molecular flexibility index (Phi) is 11.7. The van der Waals surface area contributed by atoms with Gasteiger partial charge in [0, 0.05) is 64.1 Å². The topological polar surface area (TPSA) is 102 Å². The Bertz CT molecular complexity index is 2100. The minimum Gasteiger partial charge on any atom is -0.387 e. The van der Waals surface area contributed by atoms with Crippen molar-refractivity contribution in [2.24, 2.45) is 23.5 Å². The molecule has 296 valence electrons. The third kappa shape index (κ3) is 7.75. The van der Waals surface area contributed by atoms with Gasteiger partial charge in [0.15, 0.2) is 0 Å². The predicted octanol–water partition coefficient (Wildman–Crippen LogP) is 7.28. The van der Waals surface area contributed by atoms with Crippen molar-refractivity contribution < 1.29 is 0 Å². The van der Waals surface area contributed by atoms with Gasteiger partial charge in [-0.05, 0) is 115 Å². The van der Waals surface area contributed by atoms with E-state index in [1.165, 1.54) is 73.9 Å². The summed E-state index contributed by atoms with van der Waals surface area (Å²) in [5.41, 5.74) is 24.6. The molecule has 1 saturated carbocycles. The highest BCUT2D eigenvalue weighted by Crippen LogP contribution is 2.52. The van der Waals surface area contributed by atoms with E-state index in [4.69, 9.17) is 17.3 Å². The Morgan fingerprint density at radius 3 is 2.29 bits per heavy atom. The Balaban J connectivity index is 0.958. The van der Waals surface area contributed by atoms with Crippen molar-refractivity contribution in [1.82, 2.24) is 36.5 Å². The van der Waals surface area contributed by atoms with E-state index in [1.54, 1.807) is 0 Å². The number of nitrogens with one attached hydrogen (secondary N) is 5. The van der Waals surface area contributed by atoms with Gasteiger partial charge in [-0.25, -0.2) is 4.98 Å². The molecule has 3 atom stereocenters. The van der Waals surface area contributed by atoms with Gasteiger partial charge in [-0.1, -0.05) is 58.5 Å². The maximum absolute atomic E-state index is 5.58. The summed E-state index contributed by atoms with van der Waals surface area (Å²) in [6.45, 7) is 38.6. The molecule has 2 aromatic rings. The lowest BCUT2D eigenvalue weighted by molar-refractivity contribution is 0.203. The number of pyridine rings is 1. The number of nitrogens with two attached hydrogens (primary N) is 1. The van der Waals surface area contributed by atoms with Gasteiger partial charge in [0.1, 0.15) is 0 Å². The largest absolute Gasteiger partial charge is 0.387 e. The highest BCUT2D eigenvalue weighted by atomic mass is 31.0. The lowest BCUT2D eigenvalue weighted by Crippen LogP contribution is -2.35. The van der Waals surface area contributed by atoms with Crippen LogP contribution in [0.3, 0.4) is 0 Å². The average Bonchev–Trinajstić information content (AvgIpc) is 3.53. The van der Waals surface area contributed by atoms with Crippen molar-refractivity contribution >= 4 is 31.1 Å². The zero-order chi connectivity index (χ0) is 39.8. The zero-order valence-electron chi connectivity index (χ0n) is 33.9. The first-order valence-electron chi connectivity index (χ1n) is 20.5. The number of hydrogen-bond donors (Lipinski definition) is 6. The molecule has 2 aliphatic heterocycles. The number of aryl methyl sites for hydroxylation is 1. The molecule has 0 saturated heterocycles. The third-order valence-corrected chi connectivity index (χ3v) is 13.5. The van der Waals surface area contributed by atoms with Crippen LogP contribution in [0.1, 0.15) is 85.9 Å². The number of hydrogen-bond acceptors (Lipinski definition) is 8. The zero-order valence-corrected chi connectivity index (χ0v) is 35.0. The molecule has 0 amide bonds. The van der Waals surface area contributed by atoms with E-state index >= 15 is 0 Å². The Morgan fingerprint density at radius 2 is 1.61 bits per heavy atom. The fraction of sp³-hybridized carbons (Fsp3) is 0.426. The van der Waals surface area contributed by atoms with Gasteiger partial charge in [0.05, 0.1) is 49.1 Å². The van der Waals surface area contributed by atoms with Crippen LogP contribution in [0.2, 0.25) is 0 Å². The normalized spacial score (nSPS) is 22.0. The van der Waals surface area contributed by atoms with Crippen molar-refractivity contribution in [3.8, 4) is 0 Å². The first-order chi connectivity index (χ1) is 26.9. The van der Waals surface area contributed by atoms with E-state index in [-0.39, 0.29) is 6.04 Å². The van der Waals surface area contributed by atoms with Crippen molar-refractivity contribution in [3.63, 3.8) is 0 Å². The number of benzene rings is 1. The van der Waals surface area contributed by atoms with Crippen molar-refractivity contribution in [1.29, 1.82) is 0 Å². The second-order valence-corrected chi connectivity index (χ2v) is 17.2. The highest BCUT2D eigenvalue weighted by molar-refractivity contribution is 7.27. The van der Waals surface area contributed by atoms with Gasteiger partial charge in [-0.3, -0.25) is 0 Å². The molecule has 0 bridgehead atoms. The molecule has 1 aromatic heterocycles. The van der Waals surface area contributed by atoms with Gasteiger partial charge < -0.3 is 37.2 Å². The van der Waals surface area contributed by atoms with E-state index in [0.717, 1.165) is 91.3 Å². The van der Waals surface area contributed by atoms with E-state index in [0.29, 0.717) is 43.9 Å². The molecule has 1 fully saturated rings. The van der Waals surface area contributed by atoms with Crippen LogP contribution < -0.4 is 37.6 Å². The molecule has 0 spiro atoms. The lowest BCUT2D eigenvalue weighted by atomic mass is 9.71. The summed E-state index contributed by atoms with van der Waals surface area (Å²) in [6, 6.07) is 2.49. The second-order valence-electron chi connectivity index (χ2n) is 16.6. The van der Waals surface area contributed by atoms with E-state index < -0.39 is 0 Å². The van der Waals surface area contributed by atoms with E-state index in [1.807, 2.05) is 0 Å². The summed E-state index contributed by atoms with van der Waals surface area (Å²) in [6.07, 6.45) is 11.1. The molecule has 56 heavy (non-hydrogen) atoms. The van der Waals surface area contributed by atoms with Crippen LogP contribution in [0.5, 0.6) is 0 Å². The average molecular weight is 771 g/mol. The maximum atomic E-state index is 5.58. The molecular formula is C47H63N8P. The number of aromatic nitrogens is 1. The fourth-order valence-corrected chi connectivity index (χ4v) is 9.79. The molecule has 1 unspecified atom stereocenters. The quantitative estimate of drug-likeness (QED) is 0.0696. The fourth-order valence-electron chi connectivity index (χ4n) is 9.46. The van der Waals surface area contributed by atoms with Crippen LogP contribution >= 0.6 is 9.24 Å². The SMILES string of the molecule is C=C(CN)NCC(=C)NCC(=C)NCC(=C)NCCC1CC(C(=C)N[C@H]2CCc3c(C)c(P)cc4nc5c(c2c34)CN2C(=C)C3=C(C=C52)[C@@H](CC)C(=C)CC3)C1. The summed E-state index contributed by atoms with van der Waals surface area (Å²) < 4.78 is 0. The summed E-state index contributed by atoms with van der Waals surface area (Å²) in [5.74, 6) is 1.56. The number of allylic oxidation sites excluding steroid dienone is 5. The standard InChI is InChI=1S/C47H63N8P/c1-10-36-26(2)11-12-38-33(9)55-25-40-46-41(14-13-37-31(7)44(56)20-42(45(37)46)54-47(40)43(55)19-39(36)38)53-32(8)35-17-34(18-35)15-16-49-28(4)22-51-30(6)24-52-29(5)23-50-27(3)21-48/h19-20,34-36,41,49-53H,2-6,8-18,21-25,48,56H2,1,7H3/t34?,35?,36-,41-/m0/s1. The van der Waals surface area contributed by atoms with Crippen LogP contribution in [0.15, 0.2) is 109 Å². The Labute approximate surface area is 337 Å². The van der Waals surface area contributed by atoms with Crippen LogP contribution in [0.25, 0.3) is 16.6 Å². The molecule has 3 heterocycles. The summed E-state index contributed by atoms with van der Waals surface area (Å²) in [7, 11) is 2.97. The van der Waals surface area contributed by atoms with Gasteiger partial charge in [-0.2, -0.15) is 0 Å². The molecule has 7 rings (SSSR count). The number of fused-ring (bicyclic) bond motifs is 4. The van der Waals surface area contributed by atoms with E-state index in [2.05, 4.69) is 106 Å². The number of rotatable bonds is 18. The molecule has 7 N–H and O–H groups in total. The van der Waals surface area contributed by atoms with Gasteiger partial charge in [0.25, 0.3) is 0 Å². The summed E-state index contributed by atoms with van der Waals surface area (Å²) in [4.78, 5) is 7.92. The smallest absolute Gasteiger partial charge is 0.0928 e. The van der Waals surface area contributed by atoms with Gasteiger partial charge >= 0.3 is 0 Å². The monoisotopic (exact) mass is 770 g/mol. The Hall–Kier alpha value is -4.52. The first-order valence-corrected chi connectivity index (χ1v) is 21.1. The van der Waals surface area contributed by atoms with Crippen LogP contribution in [-0.2, 0) is 13.0 Å². The van der Waals surface area contributed by atoms with E-state index in [9.17, 15) is 0 Å². The first kappa shape index (κ1) is 39.7. The van der Waals surface area contributed by atoms with Gasteiger partial charge in [-0.15, -0.1) is 9.24 Å². The molecule has 8 nitrogen and oxygen atoms in total. The number of nitrogens with zero attached hydrogens (tertiary/aromatic N) is 2. The minimum atomic E-state index is 0.206. The van der Waals surface area contributed by atoms with Crippen LogP contribution in [0.4, 0.5) is 0 Å². The molecule has 9 heteroatoms. The maximum Gasteiger partial charge on any atom is 0.0928 e. The van der Waals surface area contributed by atoms with Crippen molar-refractivity contribution in [2.75, 3.05) is 32.7 Å². The summed E-state index contributed by atoms with van der Waals surface area (Å²) >= 11 is 0. The highest BCUT2D eigenvalue weighted by Gasteiger charge is 2.41. The van der Waals surface area contributed by atoms with Crippen molar-refractivity contribution in [3.05, 3.63) is 137 Å². The van der Waals surface area contributed by atoms with Crippen LogP contribution in [-0.4, -0.2) is 42.6 Å². The molecular weight excluding hydrogens is 708 g/mol. The second kappa shape index (κ2) is 16.5.